The van der Waals surface area contributed by atoms with E-state index in [-0.39, 0.29) is 12.1 Å². The number of nitrogen functional groups attached to an aromatic ring is 1. The summed E-state index contributed by atoms with van der Waals surface area (Å²) in [5.74, 6) is 0.613. The van der Waals surface area contributed by atoms with Gasteiger partial charge >= 0.3 is 6.03 Å². The lowest BCUT2D eigenvalue weighted by Gasteiger charge is -2.35. The predicted octanol–water partition coefficient (Wildman–Crippen LogP) is 3.01. The smallest absolute Gasteiger partial charge is 0.317 e. The highest BCUT2D eigenvalue weighted by atomic mass is 16.5. The van der Waals surface area contributed by atoms with Crippen LogP contribution in [0.1, 0.15) is 45.1 Å². The summed E-state index contributed by atoms with van der Waals surface area (Å²) in [6.45, 7) is 5.61. The molecule has 0 saturated carbocycles. The fourth-order valence-electron chi connectivity index (χ4n) is 3.03. The predicted molar refractivity (Wildman–Crippen MR) is 96.9 cm³/mol. The Morgan fingerprint density at radius 2 is 2.25 bits per heavy atom. The van der Waals surface area contributed by atoms with Gasteiger partial charge in [-0.3, -0.25) is 0 Å². The average Bonchev–Trinajstić information content (AvgIpc) is 2.57. The van der Waals surface area contributed by atoms with Crippen molar-refractivity contribution in [2.45, 2.75) is 45.6 Å². The third-order valence-corrected chi connectivity index (χ3v) is 4.28. The fraction of sp³-hybridized carbons (Fsp3) is 0.556. The minimum atomic E-state index is -0.0128. The number of urea groups is 1. The number of piperidine rings is 1. The Labute approximate surface area is 143 Å². The van der Waals surface area contributed by atoms with Crippen LogP contribution in [0.25, 0.3) is 0 Å². The van der Waals surface area contributed by atoms with Crippen LogP contribution in [0.3, 0.4) is 0 Å². The molecule has 1 heterocycles. The molecule has 4 N–H and O–H groups in total. The van der Waals surface area contributed by atoms with Crippen LogP contribution < -0.4 is 15.8 Å². The second kappa shape index (κ2) is 8.57. The average molecular weight is 332 g/mol. The zero-order valence-corrected chi connectivity index (χ0v) is 14.6. The second-order valence-electron chi connectivity index (χ2n) is 6.23. The maximum atomic E-state index is 12.3. The van der Waals surface area contributed by atoms with Crippen molar-refractivity contribution in [3.05, 3.63) is 23.8 Å². The van der Waals surface area contributed by atoms with E-state index in [0.29, 0.717) is 35.9 Å². The van der Waals surface area contributed by atoms with E-state index >= 15 is 0 Å². The van der Waals surface area contributed by atoms with Crippen LogP contribution in [0.4, 0.5) is 10.5 Å². The van der Waals surface area contributed by atoms with E-state index in [9.17, 15) is 4.79 Å². The van der Waals surface area contributed by atoms with Gasteiger partial charge in [0.05, 0.1) is 11.6 Å². The Bertz CT molecular complexity index is 588. The molecule has 2 amide bonds. The van der Waals surface area contributed by atoms with Crippen molar-refractivity contribution in [1.29, 1.82) is 5.41 Å². The summed E-state index contributed by atoms with van der Waals surface area (Å²) in [5.41, 5.74) is 7.52. The summed E-state index contributed by atoms with van der Waals surface area (Å²) in [7, 11) is 0. The molecule has 132 valence electrons. The molecule has 0 spiro atoms. The maximum absolute atomic E-state index is 12.3. The van der Waals surface area contributed by atoms with Crippen LogP contribution in [0.5, 0.6) is 5.75 Å². The van der Waals surface area contributed by atoms with Crippen LogP contribution >= 0.6 is 0 Å². The van der Waals surface area contributed by atoms with Crippen LogP contribution in [0, 0.1) is 5.41 Å². The summed E-state index contributed by atoms with van der Waals surface area (Å²) in [6.07, 6.45) is 3.98. The molecule has 0 radical (unpaired) electrons. The minimum Gasteiger partial charge on any atom is -0.491 e. The highest BCUT2D eigenvalue weighted by Gasteiger charge is 2.27. The number of hydrogen-bond acceptors (Lipinski definition) is 4. The first-order chi connectivity index (χ1) is 11.5. The molecule has 2 rings (SSSR count). The second-order valence-corrected chi connectivity index (χ2v) is 6.23. The molecule has 6 nitrogen and oxygen atoms in total. The van der Waals surface area contributed by atoms with E-state index in [1.54, 1.807) is 13.0 Å². The van der Waals surface area contributed by atoms with Gasteiger partial charge in [0.25, 0.3) is 0 Å². The number of carbonyl (C=O) groups is 1. The standard InChI is InChI=1S/C18H28N4O2/c1-3-10-21-18(23)22-11-5-4-7-14(22)12-24-16-9-6-8-15(20)17(16)13(2)19/h6,8-9,14,19H,3-5,7,10-12,20H2,1-2H3,(H,21,23). The van der Waals surface area contributed by atoms with Crippen molar-refractivity contribution in [3.63, 3.8) is 0 Å². The number of amides is 2. The normalized spacial score (nSPS) is 17.4. The summed E-state index contributed by atoms with van der Waals surface area (Å²) in [4.78, 5) is 14.2. The number of nitrogens with one attached hydrogen (secondary N) is 2. The van der Waals surface area contributed by atoms with Crippen molar-refractivity contribution >= 4 is 17.4 Å². The maximum Gasteiger partial charge on any atom is 0.317 e. The number of nitrogens with two attached hydrogens (primary N) is 1. The molecular weight excluding hydrogens is 304 g/mol. The lowest BCUT2D eigenvalue weighted by molar-refractivity contribution is 0.116. The van der Waals surface area contributed by atoms with Crippen LogP contribution in [-0.4, -0.2) is 42.4 Å². The van der Waals surface area contributed by atoms with Gasteiger partial charge in [-0.05, 0) is 44.7 Å². The lowest BCUT2D eigenvalue weighted by Crippen LogP contribution is -2.51. The molecule has 1 aromatic carbocycles. The van der Waals surface area contributed by atoms with Crippen molar-refractivity contribution < 1.29 is 9.53 Å². The van der Waals surface area contributed by atoms with Gasteiger partial charge in [0.2, 0.25) is 0 Å². The Morgan fingerprint density at radius 3 is 2.96 bits per heavy atom. The molecule has 1 saturated heterocycles. The first kappa shape index (κ1) is 18.1. The SMILES string of the molecule is CCCNC(=O)N1CCCCC1COc1cccc(N)c1C(C)=N. The quantitative estimate of drug-likeness (QED) is 0.552. The van der Waals surface area contributed by atoms with E-state index in [4.69, 9.17) is 15.9 Å². The molecule has 1 aliphatic rings. The highest BCUT2D eigenvalue weighted by molar-refractivity contribution is 6.03. The monoisotopic (exact) mass is 332 g/mol. The zero-order valence-electron chi connectivity index (χ0n) is 14.6. The van der Waals surface area contributed by atoms with E-state index in [1.807, 2.05) is 24.0 Å². The Morgan fingerprint density at radius 1 is 1.46 bits per heavy atom. The van der Waals surface area contributed by atoms with Crippen LogP contribution in [0.15, 0.2) is 18.2 Å². The van der Waals surface area contributed by atoms with Gasteiger partial charge in [0.1, 0.15) is 12.4 Å². The molecular formula is C18H28N4O2. The van der Waals surface area contributed by atoms with Gasteiger partial charge < -0.3 is 26.1 Å². The number of carbonyl (C=O) groups excluding carboxylic acids is 1. The molecule has 0 bridgehead atoms. The van der Waals surface area contributed by atoms with Gasteiger partial charge in [-0.2, -0.15) is 0 Å². The molecule has 1 aromatic rings. The van der Waals surface area contributed by atoms with Crippen LogP contribution in [-0.2, 0) is 0 Å². The lowest BCUT2D eigenvalue weighted by atomic mass is 10.0. The summed E-state index contributed by atoms with van der Waals surface area (Å²) in [5, 5.41) is 10.8. The number of anilines is 1. The van der Waals surface area contributed by atoms with E-state index in [2.05, 4.69) is 5.32 Å². The summed E-state index contributed by atoms with van der Waals surface area (Å²) < 4.78 is 5.96. The van der Waals surface area contributed by atoms with Gasteiger partial charge in [-0.25, -0.2) is 4.79 Å². The van der Waals surface area contributed by atoms with E-state index in [1.165, 1.54) is 0 Å². The number of benzene rings is 1. The molecule has 6 heteroatoms. The van der Waals surface area contributed by atoms with Gasteiger partial charge in [0, 0.05) is 24.5 Å². The zero-order chi connectivity index (χ0) is 17.5. The minimum absolute atomic E-state index is 0.0128. The molecule has 0 aromatic heterocycles. The number of rotatable bonds is 6. The van der Waals surface area contributed by atoms with E-state index in [0.717, 1.165) is 32.2 Å². The van der Waals surface area contributed by atoms with Crippen molar-refractivity contribution in [2.24, 2.45) is 0 Å². The molecule has 1 aliphatic heterocycles. The van der Waals surface area contributed by atoms with Gasteiger partial charge in [0.15, 0.2) is 0 Å². The Kier molecular flexibility index (Phi) is 6.46. The molecule has 1 unspecified atom stereocenters. The van der Waals surface area contributed by atoms with E-state index < -0.39 is 0 Å². The Hall–Kier alpha value is -2.24. The molecule has 0 aliphatic carbocycles. The number of hydrogen-bond donors (Lipinski definition) is 3. The third-order valence-electron chi connectivity index (χ3n) is 4.28. The van der Waals surface area contributed by atoms with Crippen LogP contribution in [0.2, 0.25) is 0 Å². The number of likely N-dealkylation sites (tertiary alicyclic amines) is 1. The van der Waals surface area contributed by atoms with Crippen molar-refractivity contribution in [3.8, 4) is 5.75 Å². The summed E-state index contributed by atoms with van der Waals surface area (Å²) >= 11 is 0. The fourth-order valence-corrected chi connectivity index (χ4v) is 3.03. The number of ether oxygens (including phenoxy) is 1. The highest BCUT2D eigenvalue weighted by Crippen LogP contribution is 2.26. The largest absolute Gasteiger partial charge is 0.491 e. The first-order valence-corrected chi connectivity index (χ1v) is 8.65. The van der Waals surface area contributed by atoms with Crippen molar-refractivity contribution in [2.75, 3.05) is 25.4 Å². The first-order valence-electron chi connectivity index (χ1n) is 8.65. The van der Waals surface area contributed by atoms with Gasteiger partial charge in [-0.15, -0.1) is 0 Å². The summed E-state index contributed by atoms with van der Waals surface area (Å²) in [6, 6.07) is 5.46. The molecule has 1 fully saturated rings. The topological polar surface area (TPSA) is 91.4 Å². The number of nitrogens with zero attached hydrogens (tertiary/aromatic N) is 1. The Balaban J connectivity index is 2.05. The van der Waals surface area contributed by atoms with Gasteiger partial charge in [-0.1, -0.05) is 13.0 Å². The third kappa shape index (κ3) is 4.40. The van der Waals surface area contributed by atoms with Crippen molar-refractivity contribution in [1.82, 2.24) is 10.2 Å². The molecule has 1 atom stereocenters. The molecule has 24 heavy (non-hydrogen) atoms.